The number of hydrogen-bond acceptors (Lipinski definition) is 5. The monoisotopic (exact) mass is 423 g/mol. The van der Waals surface area contributed by atoms with Crippen molar-refractivity contribution in [2.24, 2.45) is 17.8 Å². The van der Waals surface area contributed by atoms with Crippen LogP contribution in [0.5, 0.6) is 5.75 Å². The molecule has 3 aromatic rings. The fourth-order valence-corrected chi connectivity index (χ4v) is 5.72. The predicted molar refractivity (Wildman–Crippen MR) is 120 cm³/mol. The van der Waals surface area contributed by atoms with Crippen LogP contribution in [0.2, 0.25) is 0 Å². The minimum Gasteiger partial charge on any atom is -0.489 e. The summed E-state index contributed by atoms with van der Waals surface area (Å²) in [6, 6.07) is 20.5. The van der Waals surface area contributed by atoms with Gasteiger partial charge in [0.1, 0.15) is 24.6 Å². The molecule has 0 N–H and O–H groups in total. The number of hydrogen-bond donors (Lipinski definition) is 0. The zero-order valence-electron chi connectivity index (χ0n) is 18.1. The molecule has 1 fully saturated rings. The molecule has 1 heterocycles. The molecule has 0 saturated heterocycles. The third-order valence-electron chi connectivity index (χ3n) is 7.24. The summed E-state index contributed by atoms with van der Waals surface area (Å²) in [7, 11) is 0. The fourth-order valence-electron chi connectivity index (χ4n) is 5.72. The predicted octanol–water partition coefficient (Wildman–Crippen LogP) is 4.65. The highest BCUT2D eigenvalue weighted by Gasteiger charge is 2.56. The maximum atomic E-state index is 12.9. The van der Waals surface area contributed by atoms with E-state index >= 15 is 0 Å². The van der Waals surface area contributed by atoms with Crippen molar-refractivity contribution in [3.63, 3.8) is 0 Å². The summed E-state index contributed by atoms with van der Waals surface area (Å²) in [5.74, 6) is 0.0775. The van der Waals surface area contributed by atoms with Gasteiger partial charge < -0.3 is 4.74 Å². The minimum absolute atomic E-state index is 0.0575. The molecule has 0 radical (unpaired) electrons. The maximum absolute atomic E-state index is 12.9. The van der Waals surface area contributed by atoms with E-state index in [4.69, 9.17) is 9.72 Å². The van der Waals surface area contributed by atoms with Crippen LogP contribution in [0.25, 0.3) is 0 Å². The van der Waals surface area contributed by atoms with Gasteiger partial charge >= 0.3 is 0 Å². The summed E-state index contributed by atoms with van der Waals surface area (Å²) in [5.41, 5.74) is 3.73. The molecular formula is C27H25N3O2. The summed E-state index contributed by atoms with van der Waals surface area (Å²) in [6.45, 7) is 2.46. The third kappa shape index (κ3) is 3.27. The number of rotatable bonds is 4. The van der Waals surface area contributed by atoms with Gasteiger partial charge in [-0.05, 0) is 54.0 Å². The van der Waals surface area contributed by atoms with Crippen LogP contribution in [-0.4, -0.2) is 15.8 Å². The molecule has 2 aliphatic rings. The molecular weight excluding hydrogens is 398 g/mol. The van der Waals surface area contributed by atoms with Gasteiger partial charge in [0.05, 0.1) is 11.8 Å². The molecule has 32 heavy (non-hydrogen) atoms. The van der Waals surface area contributed by atoms with Crippen LogP contribution in [0, 0.1) is 29.1 Å². The lowest BCUT2D eigenvalue weighted by Crippen LogP contribution is -2.53. The minimum atomic E-state index is -0.643. The van der Waals surface area contributed by atoms with Crippen molar-refractivity contribution in [1.29, 1.82) is 5.26 Å². The lowest BCUT2D eigenvalue weighted by molar-refractivity contribution is -0.131. The SMILES string of the molecule is C[C@@H]1C(=O)C(C#N)C[C@@]2(c3cccc(OCc4ccccc4)c3)c3ncncc3CC[C@@H]12. The number of nitrogens with zero attached hydrogens (tertiary/aromatic N) is 3. The molecule has 5 nitrogen and oxygen atoms in total. The van der Waals surface area contributed by atoms with Crippen LogP contribution in [0.15, 0.2) is 67.1 Å². The smallest absolute Gasteiger partial charge is 0.153 e. The number of Topliss-reactive ketones (excluding diaryl/α,β-unsaturated/α-hetero) is 1. The van der Waals surface area contributed by atoms with Gasteiger partial charge in [0.2, 0.25) is 0 Å². The van der Waals surface area contributed by atoms with Gasteiger partial charge in [0, 0.05) is 17.5 Å². The van der Waals surface area contributed by atoms with E-state index in [1.54, 1.807) is 6.33 Å². The van der Waals surface area contributed by atoms with Crippen molar-refractivity contribution in [2.45, 2.75) is 38.2 Å². The molecule has 0 bridgehead atoms. The second-order valence-corrected chi connectivity index (χ2v) is 8.89. The summed E-state index contributed by atoms with van der Waals surface area (Å²) in [4.78, 5) is 21.9. The largest absolute Gasteiger partial charge is 0.489 e. The Labute approximate surface area is 188 Å². The lowest BCUT2D eigenvalue weighted by Gasteiger charge is -2.51. The van der Waals surface area contributed by atoms with E-state index in [2.05, 4.69) is 23.2 Å². The second-order valence-electron chi connectivity index (χ2n) is 8.89. The molecule has 1 unspecified atom stereocenters. The van der Waals surface area contributed by atoms with Gasteiger partial charge in [-0.1, -0.05) is 49.4 Å². The zero-order valence-corrected chi connectivity index (χ0v) is 18.1. The second kappa shape index (κ2) is 8.20. The number of carbonyl (C=O) groups is 1. The highest BCUT2D eigenvalue weighted by Crippen LogP contribution is 2.55. The summed E-state index contributed by atoms with van der Waals surface area (Å²) < 4.78 is 6.12. The number of fused-ring (bicyclic) bond motifs is 3. The zero-order chi connectivity index (χ0) is 22.1. The number of aromatic nitrogens is 2. The average molecular weight is 424 g/mol. The van der Waals surface area contributed by atoms with Crippen molar-refractivity contribution in [3.8, 4) is 11.8 Å². The standard InChI is InChI=1S/C27H25N3O2/c1-18-24-11-10-20-15-29-17-30-26(20)27(24,13-21(14-28)25(18)31)22-8-5-9-23(12-22)32-16-19-6-3-2-4-7-19/h2-9,12,15,17-18,21,24H,10-11,13,16H2,1H3/t18-,21?,24-,27-/m0/s1. The van der Waals surface area contributed by atoms with E-state index in [1.807, 2.05) is 55.6 Å². The number of ketones is 1. The van der Waals surface area contributed by atoms with Crippen molar-refractivity contribution in [2.75, 3.05) is 0 Å². The highest BCUT2D eigenvalue weighted by molar-refractivity contribution is 5.87. The Balaban J connectivity index is 1.60. The first-order valence-electron chi connectivity index (χ1n) is 11.1. The Morgan fingerprint density at radius 3 is 2.84 bits per heavy atom. The van der Waals surface area contributed by atoms with Crippen molar-refractivity contribution >= 4 is 5.78 Å². The Morgan fingerprint density at radius 1 is 1.19 bits per heavy atom. The van der Waals surface area contributed by atoms with Crippen molar-refractivity contribution in [3.05, 3.63) is 89.5 Å². The fraction of sp³-hybridized carbons (Fsp3) is 0.333. The first kappa shape index (κ1) is 20.4. The molecule has 0 aliphatic heterocycles. The van der Waals surface area contributed by atoms with Crippen LogP contribution in [0.1, 0.15) is 42.1 Å². The van der Waals surface area contributed by atoms with Gasteiger partial charge in [0.25, 0.3) is 0 Å². The summed E-state index contributed by atoms with van der Waals surface area (Å²) in [5, 5.41) is 9.82. The molecule has 4 atom stereocenters. The van der Waals surface area contributed by atoms with Crippen LogP contribution >= 0.6 is 0 Å². The molecule has 0 spiro atoms. The van der Waals surface area contributed by atoms with E-state index in [1.165, 1.54) is 0 Å². The molecule has 2 aliphatic carbocycles. The van der Waals surface area contributed by atoms with E-state index in [9.17, 15) is 10.1 Å². The molecule has 0 amide bonds. The Kier molecular flexibility index (Phi) is 5.22. The summed E-state index contributed by atoms with van der Waals surface area (Å²) in [6.07, 6.45) is 5.64. The van der Waals surface area contributed by atoms with Crippen LogP contribution in [-0.2, 0) is 23.2 Å². The van der Waals surface area contributed by atoms with Crippen LogP contribution < -0.4 is 4.74 Å². The van der Waals surface area contributed by atoms with E-state index in [0.717, 1.165) is 41.0 Å². The average Bonchev–Trinajstić information content (AvgIpc) is 2.85. The third-order valence-corrected chi connectivity index (χ3v) is 7.24. The van der Waals surface area contributed by atoms with E-state index < -0.39 is 11.3 Å². The van der Waals surface area contributed by atoms with Gasteiger partial charge in [0.15, 0.2) is 5.78 Å². The molecule has 1 aromatic heterocycles. The highest BCUT2D eigenvalue weighted by atomic mass is 16.5. The normalized spacial score (nSPS) is 26.5. The lowest BCUT2D eigenvalue weighted by atomic mass is 9.51. The molecule has 1 saturated carbocycles. The topological polar surface area (TPSA) is 75.9 Å². The maximum Gasteiger partial charge on any atom is 0.153 e. The van der Waals surface area contributed by atoms with Crippen molar-refractivity contribution in [1.82, 2.24) is 9.97 Å². The van der Waals surface area contributed by atoms with Gasteiger partial charge in [-0.2, -0.15) is 5.26 Å². The van der Waals surface area contributed by atoms with Gasteiger partial charge in [-0.25, -0.2) is 9.97 Å². The Morgan fingerprint density at radius 2 is 2.03 bits per heavy atom. The number of nitriles is 1. The number of benzene rings is 2. The first-order chi connectivity index (χ1) is 15.6. The quantitative estimate of drug-likeness (QED) is 0.610. The van der Waals surface area contributed by atoms with Crippen LogP contribution in [0.3, 0.4) is 0 Å². The molecule has 2 aromatic carbocycles. The Hall–Kier alpha value is -3.52. The molecule has 5 rings (SSSR count). The number of ether oxygens (including phenoxy) is 1. The van der Waals surface area contributed by atoms with Crippen molar-refractivity contribution < 1.29 is 9.53 Å². The van der Waals surface area contributed by atoms with E-state index in [0.29, 0.717) is 13.0 Å². The first-order valence-corrected chi connectivity index (χ1v) is 11.1. The number of aryl methyl sites for hydroxylation is 1. The molecule has 5 heteroatoms. The number of carbonyl (C=O) groups excluding carboxylic acids is 1. The summed E-state index contributed by atoms with van der Waals surface area (Å²) >= 11 is 0. The van der Waals surface area contributed by atoms with Gasteiger partial charge in [-0.15, -0.1) is 0 Å². The van der Waals surface area contributed by atoms with Crippen LogP contribution in [0.4, 0.5) is 0 Å². The molecule has 160 valence electrons. The Bertz CT molecular complexity index is 1190. The van der Waals surface area contributed by atoms with Gasteiger partial charge in [-0.3, -0.25) is 4.79 Å². The van der Waals surface area contributed by atoms with E-state index in [-0.39, 0.29) is 17.6 Å².